The van der Waals surface area contributed by atoms with Crippen LogP contribution in [0.2, 0.25) is 0 Å². The molecule has 0 aliphatic heterocycles. The normalized spacial score (nSPS) is 13.9. The fraction of sp³-hybridized carbons (Fsp3) is 0.945. The smallest absolute Gasteiger partial charge is 0.462 e. The highest BCUT2D eigenvalue weighted by molar-refractivity contribution is 7.47. The molecule has 2 unspecified atom stereocenters. The number of aliphatic hydroxyl groups excluding tert-OH is 1. The van der Waals surface area contributed by atoms with Gasteiger partial charge in [0.25, 0.3) is 0 Å². The first-order valence-corrected chi connectivity index (χ1v) is 41.3. The minimum Gasteiger partial charge on any atom is -0.462 e. The Labute approximate surface area is 562 Å². The Balaban J connectivity index is 5.17. The lowest BCUT2D eigenvalue weighted by atomic mass is 10.0. The molecule has 19 heteroatoms. The monoisotopic (exact) mass is 1350 g/mol. The zero-order valence-corrected chi connectivity index (χ0v) is 61.3. The van der Waals surface area contributed by atoms with Crippen molar-refractivity contribution >= 4 is 39.5 Å². The third-order valence-corrected chi connectivity index (χ3v) is 19.0. The number of unbranched alkanes of at least 4 members (excludes halogenated alkanes) is 48. The molecule has 0 spiro atoms. The van der Waals surface area contributed by atoms with Gasteiger partial charge < -0.3 is 33.8 Å². The number of rotatable bonds is 74. The van der Waals surface area contributed by atoms with Gasteiger partial charge in [-0.2, -0.15) is 0 Å². The fourth-order valence-corrected chi connectivity index (χ4v) is 12.8. The molecule has 0 saturated heterocycles. The Bertz CT molecular complexity index is 1760. The number of hydrogen-bond donors (Lipinski definition) is 3. The van der Waals surface area contributed by atoms with Crippen LogP contribution in [0.15, 0.2) is 0 Å². The average Bonchev–Trinajstić information content (AvgIpc) is 3.62. The van der Waals surface area contributed by atoms with Crippen molar-refractivity contribution in [3.05, 3.63) is 0 Å². The summed E-state index contributed by atoms with van der Waals surface area (Å²) < 4.78 is 68.3. The number of esters is 4. The third kappa shape index (κ3) is 66.7. The highest BCUT2D eigenvalue weighted by Gasteiger charge is 2.30. The molecule has 0 heterocycles. The summed E-state index contributed by atoms with van der Waals surface area (Å²) in [5.74, 6) is -2.12. The highest BCUT2D eigenvalue weighted by atomic mass is 31.2. The van der Waals surface area contributed by atoms with Crippen molar-refractivity contribution in [1.29, 1.82) is 0 Å². The number of aliphatic hydroxyl groups is 1. The Kier molecular flexibility index (Phi) is 66.2. The van der Waals surface area contributed by atoms with Crippen LogP contribution in [0.4, 0.5) is 0 Å². The van der Waals surface area contributed by atoms with Crippen LogP contribution < -0.4 is 0 Å². The van der Waals surface area contributed by atoms with Crippen molar-refractivity contribution in [2.24, 2.45) is 0 Å². The number of carbonyl (C=O) groups excluding carboxylic acids is 4. The molecule has 0 bridgehead atoms. The third-order valence-electron chi connectivity index (χ3n) is 17.1. The number of ether oxygens (including phenoxy) is 4. The van der Waals surface area contributed by atoms with Gasteiger partial charge in [0.05, 0.1) is 26.4 Å². The van der Waals surface area contributed by atoms with Crippen LogP contribution >= 0.6 is 15.6 Å². The maximum Gasteiger partial charge on any atom is 0.472 e. The molecule has 0 aromatic heterocycles. The van der Waals surface area contributed by atoms with E-state index in [1.807, 2.05) is 0 Å². The summed E-state index contributed by atoms with van der Waals surface area (Å²) in [4.78, 5) is 72.5. The quantitative estimate of drug-likeness (QED) is 0.0222. The molecule has 0 saturated carbocycles. The van der Waals surface area contributed by atoms with Gasteiger partial charge in [0.1, 0.15) is 19.3 Å². The van der Waals surface area contributed by atoms with Gasteiger partial charge in [-0.25, -0.2) is 9.13 Å². The second-order valence-corrected chi connectivity index (χ2v) is 29.2. The standard InChI is InChI=1S/C73H142O17P2/c1-5-9-13-17-21-25-28-30-32-33-34-35-36-37-39-41-44-48-52-56-60-73(78)90-69(64-84-71(76)58-54-50-46-43-40-38-31-29-26-22-18-14-10-6-2)66-88-92(81,82)86-62-67(74)61-85-91(79,80)87-65-68(63-83-70(75)57-53-49-45-24-20-16-12-8-4)89-72(77)59-55-51-47-42-27-23-19-15-11-7-3/h67-69,74H,5-66H2,1-4H3,(H,79,80)(H,81,82)/t67-,68+,69+/m0/s1. The molecule has 17 nitrogen and oxygen atoms in total. The minimum atomic E-state index is -4.95. The number of carbonyl (C=O) groups is 4. The van der Waals surface area contributed by atoms with Crippen LogP contribution in [0, 0.1) is 0 Å². The van der Waals surface area contributed by atoms with Gasteiger partial charge in [0.15, 0.2) is 12.2 Å². The molecule has 5 atom stereocenters. The predicted molar refractivity (Wildman–Crippen MR) is 372 cm³/mol. The molecule has 0 aromatic carbocycles. The molecule has 0 aliphatic carbocycles. The van der Waals surface area contributed by atoms with Gasteiger partial charge in [-0.15, -0.1) is 0 Å². The average molecular weight is 1350 g/mol. The van der Waals surface area contributed by atoms with E-state index in [9.17, 15) is 43.2 Å². The van der Waals surface area contributed by atoms with Gasteiger partial charge in [0, 0.05) is 25.7 Å². The van der Waals surface area contributed by atoms with Gasteiger partial charge in [0.2, 0.25) is 0 Å². The molecule has 0 aliphatic rings. The van der Waals surface area contributed by atoms with Gasteiger partial charge in [-0.1, -0.05) is 336 Å². The predicted octanol–water partition coefficient (Wildman–Crippen LogP) is 21.4. The summed E-state index contributed by atoms with van der Waals surface area (Å²) in [6.07, 6.45) is 57.0. The summed E-state index contributed by atoms with van der Waals surface area (Å²) in [6.45, 7) is 4.93. The topological polar surface area (TPSA) is 237 Å². The Morgan fingerprint density at radius 2 is 0.435 bits per heavy atom. The van der Waals surface area contributed by atoms with Crippen LogP contribution in [0.3, 0.4) is 0 Å². The molecule has 0 radical (unpaired) electrons. The molecule has 0 fully saturated rings. The summed E-state index contributed by atoms with van der Waals surface area (Å²) in [7, 11) is -9.90. The zero-order chi connectivity index (χ0) is 67.5. The first-order chi connectivity index (χ1) is 44.7. The molecule has 0 aromatic rings. The molecule has 3 N–H and O–H groups in total. The lowest BCUT2D eigenvalue weighted by molar-refractivity contribution is -0.161. The number of phosphoric ester groups is 2. The van der Waals surface area contributed by atoms with E-state index in [1.54, 1.807) is 0 Å². The van der Waals surface area contributed by atoms with Crippen LogP contribution in [0.5, 0.6) is 0 Å². The lowest BCUT2D eigenvalue weighted by Gasteiger charge is -2.21. The molecule has 92 heavy (non-hydrogen) atoms. The van der Waals surface area contributed by atoms with Gasteiger partial charge in [-0.3, -0.25) is 37.3 Å². The molecule has 0 amide bonds. The SMILES string of the molecule is CCCCCCCCCCCCCCCCCCCCCCC(=O)O[C@H](COC(=O)CCCCCCCCCCCCCCCC)COP(=O)(O)OC[C@@H](O)COP(=O)(O)OC[C@@H](COC(=O)CCCCCCCCCC)OC(=O)CCCCCCCCCCCC. The molecule has 546 valence electrons. The first kappa shape index (κ1) is 90.1. The van der Waals surface area contributed by atoms with E-state index >= 15 is 0 Å². The van der Waals surface area contributed by atoms with E-state index in [0.717, 1.165) is 96.3 Å². The van der Waals surface area contributed by atoms with Crippen molar-refractivity contribution in [1.82, 2.24) is 0 Å². The number of hydrogen-bond acceptors (Lipinski definition) is 15. The molecular formula is C73H142O17P2. The fourth-order valence-electron chi connectivity index (χ4n) is 11.2. The maximum atomic E-state index is 13.1. The van der Waals surface area contributed by atoms with Gasteiger partial charge in [-0.05, 0) is 25.7 Å². The van der Waals surface area contributed by atoms with Crippen molar-refractivity contribution < 1.29 is 80.2 Å². The summed E-state index contributed by atoms with van der Waals surface area (Å²) in [6, 6.07) is 0. The van der Waals surface area contributed by atoms with Crippen LogP contribution in [-0.2, 0) is 65.4 Å². The Morgan fingerprint density at radius 1 is 0.261 bits per heavy atom. The second kappa shape index (κ2) is 67.6. The van der Waals surface area contributed by atoms with Crippen LogP contribution in [0.25, 0.3) is 0 Å². The highest BCUT2D eigenvalue weighted by Crippen LogP contribution is 2.45. The molecule has 0 rings (SSSR count). The van der Waals surface area contributed by atoms with E-state index < -0.39 is 97.5 Å². The lowest BCUT2D eigenvalue weighted by Crippen LogP contribution is -2.30. The van der Waals surface area contributed by atoms with Crippen molar-refractivity contribution in [3.63, 3.8) is 0 Å². The van der Waals surface area contributed by atoms with E-state index in [4.69, 9.17) is 37.0 Å². The van der Waals surface area contributed by atoms with Crippen LogP contribution in [0.1, 0.15) is 387 Å². The zero-order valence-electron chi connectivity index (χ0n) is 59.5. The Hall–Kier alpha value is -1.94. The summed E-state index contributed by atoms with van der Waals surface area (Å²) in [5.41, 5.74) is 0. The van der Waals surface area contributed by atoms with E-state index in [1.165, 1.54) is 212 Å². The second-order valence-electron chi connectivity index (χ2n) is 26.3. The number of phosphoric acid groups is 2. The first-order valence-electron chi connectivity index (χ1n) is 38.3. The van der Waals surface area contributed by atoms with Crippen molar-refractivity contribution in [3.8, 4) is 0 Å². The van der Waals surface area contributed by atoms with Crippen molar-refractivity contribution in [2.45, 2.75) is 406 Å². The molecular weight excluding hydrogens is 1210 g/mol. The maximum absolute atomic E-state index is 13.1. The van der Waals surface area contributed by atoms with Gasteiger partial charge >= 0.3 is 39.5 Å². The van der Waals surface area contributed by atoms with E-state index in [-0.39, 0.29) is 25.7 Å². The Morgan fingerprint density at radius 3 is 0.641 bits per heavy atom. The van der Waals surface area contributed by atoms with Crippen molar-refractivity contribution in [2.75, 3.05) is 39.6 Å². The van der Waals surface area contributed by atoms with E-state index in [0.29, 0.717) is 25.7 Å². The van der Waals surface area contributed by atoms with E-state index in [2.05, 4.69) is 27.7 Å². The minimum absolute atomic E-state index is 0.107. The summed E-state index contributed by atoms with van der Waals surface area (Å²) in [5, 5.41) is 10.6. The van der Waals surface area contributed by atoms with Crippen LogP contribution in [-0.4, -0.2) is 96.7 Å². The summed E-state index contributed by atoms with van der Waals surface area (Å²) >= 11 is 0. The largest absolute Gasteiger partial charge is 0.472 e.